The lowest BCUT2D eigenvalue weighted by Gasteiger charge is -2.14. The van der Waals surface area contributed by atoms with Gasteiger partial charge in [0.05, 0.1) is 39.2 Å². The van der Waals surface area contributed by atoms with E-state index < -0.39 is 0 Å². The monoisotopic (exact) mass is 703 g/mol. The standard InChI is InChI=1S/C48H25N5O2/c49-26-30-23-29(21-22-39(30)53-40-18-7-4-13-31(40)36-24-37-33-15-6-8-19-42(33)54-44(37)25-41(36)53)46-38(27-50)45(28-11-2-1-3-12-28)51-48(52-46)35-17-10-16-34-32-14-5-9-20-43(32)55-47(34)35/h1-25H. The van der Waals surface area contributed by atoms with Crippen molar-refractivity contribution >= 4 is 65.7 Å². The molecule has 11 rings (SSSR count). The molecule has 7 nitrogen and oxygen atoms in total. The van der Waals surface area contributed by atoms with E-state index in [1.165, 1.54) is 0 Å². The Morgan fingerprint density at radius 3 is 1.93 bits per heavy atom. The van der Waals surface area contributed by atoms with E-state index in [0.29, 0.717) is 50.7 Å². The average Bonchev–Trinajstić information content (AvgIpc) is 3.91. The van der Waals surface area contributed by atoms with Gasteiger partial charge in [0, 0.05) is 49.5 Å². The van der Waals surface area contributed by atoms with Crippen LogP contribution < -0.4 is 0 Å². The Bertz CT molecular complexity index is 3470. The molecule has 0 atom stereocenters. The highest BCUT2D eigenvalue weighted by atomic mass is 16.3. The van der Waals surface area contributed by atoms with Crippen LogP contribution in [0.2, 0.25) is 0 Å². The van der Waals surface area contributed by atoms with Gasteiger partial charge in [0.25, 0.3) is 0 Å². The van der Waals surface area contributed by atoms with Crippen molar-refractivity contribution in [1.82, 2.24) is 14.5 Å². The summed E-state index contributed by atoms with van der Waals surface area (Å²) < 4.78 is 14.8. The first-order chi connectivity index (χ1) is 27.2. The lowest BCUT2D eigenvalue weighted by molar-refractivity contribution is 0.669. The second-order valence-corrected chi connectivity index (χ2v) is 13.5. The first-order valence-electron chi connectivity index (χ1n) is 17.9. The largest absolute Gasteiger partial charge is 0.456 e. The molecule has 0 N–H and O–H groups in total. The van der Waals surface area contributed by atoms with Crippen molar-refractivity contribution in [2.75, 3.05) is 0 Å². The Balaban J connectivity index is 1.15. The third-order valence-corrected chi connectivity index (χ3v) is 10.5. The van der Waals surface area contributed by atoms with Crippen LogP contribution in [0.1, 0.15) is 11.1 Å². The first-order valence-corrected chi connectivity index (χ1v) is 17.9. The molecule has 4 heterocycles. The number of rotatable bonds is 4. The van der Waals surface area contributed by atoms with E-state index in [1.54, 1.807) is 0 Å². The van der Waals surface area contributed by atoms with Crippen molar-refractivity contribution in [2.45, 2.75) is 0 Å². The Kier molecular flexibility index (Phi) is 6.54. The summed E-state index contributed by atoms with van der Waals surface area (Å²) in [5.41, 5.74) is 9.38. The number of fused-ring (bicyclic) bond motifs is 9. The molecule has 55 heavy (non-hydrogen) atoms. The fraction of sp³-hybridized carbons (Fsp3) is 0. The van der Waals surface area contributed by atoms with E-state index in [4.69, 9.17) is 18.8 Å². The number of furan rings is 2. The summed E-state index contributed by atoms with van der Waals surface area (Å²) in [6.45, 7) is 0. The van der Waals surface area contributed by atoms with Crippen molar-refractivity contribution in [3.63, 3.8) is 0 Å². The maximum absolute atomic E-state index is 10.8. The molecular weight excluding hydrogens is 679 g/mol. The SMILES string of the molecule is N#Cc1cc(-c2nc(-c3cccc4c3oc3ccccc34)nc(-c3ccccc3)c2C#N)ccc1-n1c2ccccc2c2cc3c(cc21)oc1ccccc13. The molecule has 0 aliphatic carbocycles. The topological polar surface area (TPSA) is 105 Å². The van der Waals surface area contributed by atoms with Crippen LogP contribution in [-0.2, 0) is 0 Å². The summed E-state index contributed by atoms with van der Waals surface area (Å²) in [6.07, 6.45) is 0. The summed E-state index contributed by atoms with van der Waals surface area (Å²) in [4.78, 5) is 10.1. The van der Waals surface area contributed by atoms with Gasteiger partial charge in [-0.3, -0.25) is 0 Å². The number of nitriles is 2. The van der Waals surface area contributed by atoms with Crippen LogP contribution in [-0.4, -0.2) is 14.5 Å². The molecule has 7 heteroatoms. The maximum Gasteiger partial charge on any atom is 0.164 e. The van der Waals surface area contributed by atoms with Crippen molar-refractivity contribution in [1.29, 1.82) is 10.5 Å². The van der Waals surface area contributed by atoms with Crippen LogP contribution in [0.5, 0.6) is 0 Å². The van der Waals surface area contributed by atoms with Crippen molar-refractivity contribution in [3.8, 4) is 51.7 Å². The van der Waals surface area contributed by atoms with Gasteiger partial charge >= 0.3 is 0 Å². The van der Waals surface area contributed by atoms with Crippen LogP contribution in [0.25, 0.3) is 105 Å². The van der Waals surface area contributed by atoms with Gasteiger partial charge in [0.2, 0.25) is 0 Å². The molecule has 0 unspecified atom stereocenters. The van der Waals surface area contributed by atoms with Gasteiger partial charge in [-0.1, -0.05) is 103 Å². The molecule has 0 saturated heterocycles. The van der Waals surface area contributed by atoms with Gasteiger partial charge in [0.15, 0.2) is 5.82 Å². The van der Waals surface area contributed by atoms with Gasteiger partial charge in [-0.05, 0) is 42.5 Å². The third kappa shape index (κ3) is 4.54. The van der Waals surface area contributed by atoms with Crippen LogP contribution in [0.15, 0.2) is 160 Å². The van der Waals surface area contributed by atoms with Crippen LogP contribution in [0.4, 0.5) is 0 Å². The van der Waals surface area contributed by atoms with Crippen LogP contribution >= 0.6 is 0 Å². The van der Waals surface area contributed by atoms with Crippen molar-refractivity contribution in [3.05, 3.63) is 163 Å². The molecule has 11 aromatic rings. The second kappa shape index (κ2) is 11.8. The lowest BCUT2D eigenvalue weighted by atomic mass is 9.98. The molecule has 0 amide bonds. The fourth-order valence-electron chi connectivity index (χ4n) is 8.04. The quantitative estimate of drug-likeness (QED) is 0.181. The Hall–Kier alpha value is -8.00. The maximum atomic E-state index is 10.8. The number of nitrogens with zero attached hydrogens (tertiary/aromatic N) is 5. The first kappa shape index (κ1) is 30.6. The van der Waals surface area contributed by atoms with Gasteiger partial charge in [-0.25, -0.2) is 9.97 Å². The molecule has 0 spiro atoms. The van der Waals surface area contributed by atoms with E-state index in [-0.39, 0.29) is 0 Å². The zero-order valence-corrected chi connectivity index (χ0v) is 29.0. The normalized spacial score (nSPS) is 11.6. The molecule has 4 aromatic heterocycles. The summed E-state index contributed by atoms with van der Waals surface area (Å²) in [5.74, 6) is 0.414. The zero-order valence-electron chi connectivity index (χ0n) is 29.0. The Labute approximate surface area is 313 Å². The molecule has 0 fully saturated rings. The van der Waals surface area contributed by atoms with Crippen molar-refractivity contribution in [2.24, 2.45) is 0 Å². The molecule has 0 radical (unpaired) electrons. The second-order valence-electron chi connectivity index (χ2n) is 13.5. The predicted octanol–water partition coefficient (Wildman–Crippen LogP) is 12.1. The highest BCUT2D eigenvalue weighted by Crippen LogP contribution is 2.41. The number of aromatic nitrogens is 3. The third-order valence-electron chi connectivity index (χ3n) is 10.5. The van der Waals surface area contributed by atoms with E-state index in [0.717, 1.165) is 65.7 Å². The molecule has 7 aromatic carbocycles. The van der Waals surface area contributed by atoms with Gasteiger partial charge in [-0.15, -0.1) is 0 Å². The van der Waals surface area contributed by atoms with Crippen LogP contribution in [0, 0.1) is 22.7 Å². The minimum absolute atomic E-state index is 0.313. The molecule has 254 valence electrons. The zero-order chi connectivity index (χ0) is 36.6. The lowest BCUT2D eigenvalue weighted by Crippen LogP contribution is -2.03. The highest BCUT2D eigenvalue weighted by Gasteiger charge is 2.23. The number of hydrogen-bond acceptors (Lipinski definition) is 6. The average molecular weight is 704 g/mol. The van der Waals surface area contributed by atoms with Gasteiger partial charge < -0.3 is 13.4 Å². The summed E-state index contributed by atoms with van der Waals surface area (Å²) in [7, 11) is 0. The smallest absolute Gasteiger partial charge is 0.164 e. The number of para-hydroxylation sites is 4. The van der Waals surface area contributed by atoms with E-state index in [1.807, 2.05) is 121 Å². The Morgan fingerprint density at radius 2 is 1.15 bits per heavy atom. The fourth-order valence-corrected chi connectivity index (χ4v) is 8.04. The van der Waals surface area contributed by atoms with Gasteiger partial charge in [0.1, 0.15) is 40.0 Å². The van der Waals surface area contributed by atoms with E-state index >= 15 is 0 Å². The molecular formula is C48H25N5O2. The molecule has 0 bridgehead atoms. The number of benzene rings is 7. The molecule has 0 aliphatic heterocycles. The van der Waals surface area contributed by atoms with E-state index in [2.05, 4.69) is 47.0 Å². The van der Waals surface area contributed by atoms with Crippen molar-refractivity contribution < 1.29 is 8.83 Å². The summed E-state index contributed by atoms with van der Waals surface area (Å²) >= 11 is 0. The minimum Gasteiger partial charge on any atom is -0.456 e. The minimum atomic E-state index is 0.313. The molecule has 0 saturated carbocycles. The Morgan fingerprint density at radius 1 is 0.473 bits per heavy atom. The van der Waals surface area contributed by atoms with Gasteiger partial charge in [-0.2, -0.15) is 10.5 Å². The van der Waals surface area contributed by atoms with E-state index in [9.17, 15) is 10.5 Å². The number of hydrogen-bond donors (Lipinski definition) is 0. The van der Waals surface area contributed by atoms with Crippen LogP contribution in [0.3, 0.4) is 0 Å². The highest BCUT2D eigenvalue weighted by molar-refractivity contribution is 6.17. The molecule has 0 aliphatic rings. The summed E-state index contributed by atoms with van der Waals surface area (Å²) in [6, 6.07) is 54.6. The predicted molar refractivity (Wildman–Crippen MR) is 217 cm³/mol. The summed E-state index contributed by atoms with van der Waals surface area (Å²) in [5, 5.41) is 27.7.